The van der Waals surface area contributed by atoms with Gasteiger partial charge in [0.05, 0.1) is 24.0 Å². The number of fused-ring (bicyclic) bond motifs is 1. The predicted octanol–water partition coefficient (Wildman–Crippen LogP) is 3.28. The quantitative estimate of drug-likeness (QED) is 0.729. The van der Waals surface area contributed by atoms with Crippen LogP contribution in [0.3, 0.4) is 0 Å². The zero-order valence-corrected chi connectivity index (χ0v) is 15.8. The Balaban J connectivity index is 1.39. The number of anilines is 1. The van der Waals surface area contributed by atoms with Crippen LogP contribution in [0, 0.1) is 13.8 Å². The number of aryl methyl sites for hydroxylation is 2. The standard InChI is InChI=1S/C20H18F3N5O/c1-11-5-12(2)26-16-4-3-13(6-15(11)16)19(29)27-14-9-28(10-14)18-8-24-17(7-25-18)20(21,22)23/h3-8,14H,9-10H2,1-2H3,(H,27,29). The highest BCUT2D eigenvalue weighted by Gasteiger charge is 2.34. The van der Waals surface area contributed by atoms with Gasteiger partial charge in [-0.2, -0.15) is 13.2 Å². The van der Waals surface area contributed by atoms with Crippen molar-refractivity contribution < 1.29 is 18.0 Å². The van der Waals surface area contributed by atoms with Crippen molar-refractivity contribution in [3.05, 3.63) is 59.2 Å². The first-order valence-electron chi connectivity index (χ1n) is 9.04. The number of carbonyl (C=O) groups is 1. The van der Waals surface area contributed by atoms with Crippen LogP contribution in [-0.4, -0.2) is 40.0 Å². The number of hydrogen-bond acceptors (Lipinski definition) is 5. The van der Waals surface area contributed by atoms with E-state index in [2.05, 4.69) is 20.3 Å². The van der Waals surface area contributed by atoms with Gasteiger partial charge in [-0.05, 0) is 43.7 Å². The van der Waals surface area contributed by atoms with Gasteiger partial charge in [0.2, 0.25) is 0 Å². The number of aromatic nitrogens is 3. The molecule has 0 atom stereocenters. The fraction of sp³-hybridized carbons (Fsp3) is 0.300. The summed E-state index contributed by atoms with van der Waals surface area (Å²) in [5, 5.41) is 3.86. The molecule has 4 rings (SSSR count). The molecule has 1 N–H and O–H groups in total. The topological polar surface area (TPSA) is 71.0 Å². The van der Waals surface area contributed by atoms with E-state index in [9.17, 15) is 18.0 Å². The lowest BCUT2D eigenvalue weighted by Crippen LogP contribution is -2.59. The summed E-state index contributed by atoms with van der Waals surface area (Å²) in [6.07, 6.45) is -2.69. The number of hydrogen-bond donors (Lipinski definition) is 1. The zero-order valence-electron chi connectivity index (χ0n) is 15.8. The van der Waals surface area contributed by atoms with Crippen LogP contribution < -0.4 is 10.2 Å². The number of benzene rings is 1. The number of amides is 1. The second-order valence-corrected chi connectivity index (χ2v) is 7.15. The van der Waals surface area contributed by atoms with Gasteiger partial charge in [-0.3, -0.25) is 9.78 Å². The summed E-state index contributed by atoms with van der Waals surface area (Å²) in [6.45, 7) is 4.82. The van der Waals surface area contributed by atoms with Gasteiger partial charge in [0.15, 0.2) is 5.69 Å². The number of nitrogens with one attached hydrogen (secondary N) is 1. The van der Waals surface area contributed by atoms with E-state index in [0.29, 0.717) is 30.7 Å². The van der Waals surface area contributed by atoms with Gasteiger partial charge < -0.3 is 10.2 Å². The van der Waals surface area contributed by atoms with E-state index >= 15 is 0 Å². The molecule has 0 aliphatic carbocycles. The smallest absolute Gasteiger partial charge is 0.351 e. The third-order valence-electron chi connectivity index (χ3n) is 4.88. The van der Waals surface area contributed by atoms with Crippen LogP contribution in [0.2, 0.25) is 0 Å². The Labute approximate surface area is 164 Å². The van der Waals surface area contributed by atoms with Gasteiger partial charge in [0, 0.05) is 29.7 Å². The van der Waals surface area contributed by atoms with Crippen molar-refractivity contribution in [2.24, 2.45) is 0 Å². The summed E-state index contributed by atoms with van der Waals surface area (Å²) in [6, 6.07) is 7.25. The third-order valence-corrected chi connectivity index (χ3v) is 4.88. The van der Waals surface area contributed by atoms with Crippen molar-refractivity contribution in [3.63, 3.8) is 0 Å². The van der Waals surface area contributed by atoms with Gasteiger partial charge in [-0.1, -0.05) is 0 Å². The summed E-state index contributed by atoms with van der Waals surface area (Å²) < 4.78 is 37.7. The second kappa shape index (κ2) is 6.98. The Morgan fingerprint density at radius 2 is 1.90 bits per heavy atom. The largest absolute Gasteiger partial charge is 0.434 e. The maximum atomic E-state index is 12.6. The van der Waals surface area contributed by atoms with Crippen LogP contribution in [0.4, 0.5) is 19.0 Å². The number of nitrogens with zero attached hydrogens (tertiary/aromatic N) is 4. The number of rotatable bonds is 3. The normalized spacial score (nSPS) is 14.7. The lowest BCUT2D eigenvalue weighted by Gasteiger charge is -2.40. The molecule has 1 aromatic carbocycles. The maximum absolute atomic E-state index is 12.6. The fourth-order valence-electron chi connectivity index (χ4n) is 3.36. The highest BCUT2D eigenvalue weighted by atomic mass is 19.4. The maximum Gasteiger partial charge on any atom is 0.434 e. The van der Waals surface area contributed by atoms with Gasteiger partial charge in [-0.25, -0.2) is 9.97 Å². The van der Waals surface area contributed by atoms with Gasteiger partial charge in [0.1, 0.15) is 5.82 Å². The molecular formula is C20H18F3N5O. The van der Waals surface area contributed by atoms with E-state index in [1.54, 1.807) is 11.0 Å². The predicted molar refractivity (Wildman–Crippen MR) is 102 cm³/mol. The summed E-state index contributed by atoms with van der Waals surface area (Å²) >= 11 is 0. The molecule has 0 unspecified atom stereocenters. The molecule has 0 radical (unpaired) electrons. The molecule has 0 spiro atoms. The van der Waals surface area contributed by atoms with Crippen LogP contribution in [0.25, 0.3) is 10.9 Å². The van der Waals surface area contributed by atoms with Crippen molar-refractivity contribution in [1.29, 1.82) is 0 Å². The van der Waals surface area contributed by atoms with Crippen LogP contribution in [-0.2, 0) is 6.18 Å². The van der Waals surface area contributed by atoms with Crippen LogP contribution in [0.15, 0.2) is 36.7 Å². The van der Waals surface area contributed by atoms with Crippen molar-refractivity contribution in [1.82, 2.24) is 20.3 Å². The molecule has 1 aliphatic heterocycles. The molecule has 3 aromatic rings. The first-order chi connectivity index (χ1) is 13.7. The van der Waals surface area contributed by atoms with E-state index in [1.165, 1.54) is 0 Å². The van der Waals surface area contributed by atoms with Crippen LogP contribution in [0.1, 0.15) is 27.3 Å². The molecule has 6 nitrogen and oxygen atoms in total. The minimum atomic E-state index is -4.51. The van der Waals surface area contributed by atoms with Crippen molar-refractivity contribution >= 4 is 22.6 Å². The first kappa shape index (κ1) is 19.1. The molecule has 3 heterocycles. The molecule has 9 heteroatoms. The molecular weight excluding hydrogens is 383 g/mol. The number of alkyl halides is 3. The monoisotopic (exact) mass is 401 g/mol. The Morgan fingerprint density at radius 1 is 1.14 bits per heavy atom. The molecule has 0 bridgehead atoms. The summed E-state index contributed by atoms with van der Waals surface area (Å²) in [7, 11) is 0. The molecule has 1 aliphatic rings. The minimum absolute atomic E-state index is 0.112. The van der Waals surface area contributed by atoms with E-state index in [-0.39, 0.29) is 11.9 Å². The van der Waals surface area contributed by atoms with Crippen LogP contribution in [0.5, 0.6) is 0 Å². The lowest BCUT2D eigenvalue weighted by molar-refractivity contribution is -0.141. The van der Waals surface area contributed by atoms with Crippen molar-refractivity contribution in [2.45, 2.75) is 26.1 Å². The highest BCUT2D eigenvalue weighted by molar-refractivity contribution is 5.98. The molecule has 29 heavy (non-hydrogen) atoms. The molecule has 1 saturated heterocycles. The average molecular weight is 401 g/mol. The Kier molecular flexibility index (Phi) is 4.60. The van der Waals surface area contributed by atoms with Crippen molar-refractivity contribution in [3.8, 4) is 0 Å². The Morgan fingerprint density at radius 3 is 2.55 bits per heavy atom. The summed E-state index contributed by atoms with van der Waals surface area (Å²) in [5.74, 6) is 0.154. The number of halogens is 3. The Hall–Kier alpha value is -3.23. The highest BCUT2D eigenvalue weighted by Crippen LogP contribution is 2.28. The molecule has 0 saturated carbocycles. The Bertz CT molecular complexity index is 1080. The summed E-state index contributed by atoms with van der Waals surface area (Å²) in [5.41, 5.74) is 2.34. The molecule has 1 amide bonds. The van der Waals surface area contributed by atoms with Gasteiger partial charge in [-0.15, -0.1) is 0 Å². The average Bonchev–Trinajstić information content (AvgIpc) is 2.63. The number of carbonyl (C=O) groups excluding carboxylic acids is 1. The third kappa shape index (κ3) is 3.85. The van der Waals surface area contributed by atoms with Gasteiger partial charge >= 0.3 is 6.18 Å². The SMILES string of the molecule is Cc1cc(C)c2cc(C(=O)NC3CN(c4cnc(C(F)(F)F)cn4)C3)ccc2n1. The van der Waals surface area contributed by atoms with Crippen molar-refractivity contribution in [2.75, 3.05) is 18.0 Å². The van der Waals surface area contributed by atoms with E-state index < -0.39 is 11.9 Å². The molecule has 2 aromatic heterocycles. The minimum Gasteiger partial charge on any atom is -0.351 e. The fourth-order valence-corrected chi connectivity index (χ4v) is 3.36. The number of pyridine rings is 1. The molecule has 1 fully saturated rings. The first-order valence-corrected chi connectivity index (χ1v) is 9.04. The lowest BCUT2D eigenvalue weighted by atomic mass is 10.0. The van der Waals surface area contributed by atoms with Crippen LogP contribution >= 0.6 is 0 Å². The van der Waals surface area contributed by atoms with E-state index in [0.717, 1.165) is 28.4 Å². The van der Waals surface area contributed by atoms with Gasteiger partial charge in [0.25, 0.3) is 5.91 Å². The summed E-state index contributed by atoms with van der Waals surface area (Å²) in [4.78, 5) is 26.0. The second-order valence-electron chi connectivity index (χ2n) is 7.15. The zero-order chi connectivity index (χ0) is 20.8. The van der Waals surface area contributed by atoms with E-state index in [4.69, 9.17) is 0 Å². The van der Waals surface area contributed by atoms with E-state index in [1.807, 2.05) is 32.0 Å². The molecule has 150 valence electrons.